The van der Waals surface area contributed by atoms with Crippen molar-refractivity contribution in [3.05, 3.63) is 73.6 Å². The number of fused-ring (bicyclic) bond motifs is 1. The van der Waals surface area contributed by atoms with Crippen molar-refractivity contribution in [2.24, 2.45) is 5.11 Å². The highest BCUT2D eigenvalue weighted by Gasteiger charge is 2.27. The van der Waals surface area contributed by atoms with Gasteiger partial charge in [0.15, 0.2) is 9.84 Å². The number of azide groups is 1. The molecule has 9 nitrogen and oxygen atoms in total. The van der Waals surface area contributed by atoms with Gasteiger partial charge < -0.3 is 19.1 Å². The van der Waals surface area contributed by atoms with Gasteiger partial charge in [-0.15, -0.1) is 0 Å². The standard InChI is InChI=1S/C25H32Cl2N4O5S/c1-31-17-23(22-15-20(26)16-25(27)24(22)18-31)19-3-5-21(6-4-19)37(32,33)14-2-8-34-10-12-36-13-11-35-9-7-29-30-28/h3-6,15-16,23H,2,7-14,17-18H2,1H3. The van der Waals surface area contributed by atoms with Crippen molar-refractivity contribution in [1.29, 1.82) is 0 Å². The van der Waals surface area contributed by atoms with Crippen LogP contribution in [0.3, 0.4) is 0 Å². The number of ether oxygens (including phenoxy) is 3. The van der Waals surface area contributed by atoms with E-state index >= 15 is 0 Å². The molecule has 37 heavy (non-hydrogen) atoms. The van der Waals surface area contributed by atoms with Crippen LogP contribution in [0.15, 0.2) is 46.4 Å². The van der Waals surface area contributed by atoms with Gasteiger partial charge in [0.2, 0.25) is 0 Å². The molecule has 1 atom stereocenters. The molecule has 202 valence electrons. The van der Waals surface area contributed by atoms with E-state index in [0.29, 0.717) is 67.5 Å². The van der Waals surface area contributed by atoms with Gasteiger partial charge in [0.05, 0.1) is 43.7 Å². The third-order valence-corrected chi connectivity index (χ3v) is 8.35. The molecular weight excluding hydrogens is 539 g/mol. The van der Waals surface area contributed by atoms with Crippen molar-refractivity contribution in [2.75, 3.05) is 65.5 Å². The zero-order valence-electron chi connectivity index (χ0n) is 20.8. The van der Waals surface area contributed by atoms with E-state index in [1.807, 2.05) is 25.2 Å². The minimum absolute atomic E-state index is 0.00639. The average Bonchev–Trinajstić information content (AvgIpc) is 2.87. The first kappa shape index (κ1) is 29.7. The van der Waals surface area contributed by atoms with Gasteiger partial charge in [-0.05, 0) is 60.0 Å². The summed E-state index contributed by atoms with van der Waals surface area (Å²) in [6.45, 7) is 4.11. The summed E-state index contributed by atoms with van der Waals surface area (Å²) in [5.74, 6) is 0.0634. The Labute approximate surface area is 228 Å². The van der Waals surface area contributed by atoms with Crippen LogP contribution in [-0.2, 0) is 30.6 Å². The number of nitrogens with zero attached hydrogens (tertiary/aromatic N) is 4. The molecule has 12 heteroatoms. The molecule has 0 aliphatic carbocycles. The molecule has 0 fully saturated rings. The maximum absolute atomic E-state index is 12.8. The largest absolute Gasteiger partial charge is 0.379 e. The highest BCUT2D eigenvalue weighted by molar-refractivity contribution is 7.91. The predicted molar refractivity (Wildman–Crippen MR) is 144 cm³/mol. The normalized spacial score (nSPS) is 15.8. The SMILES string of the molecule is CN1Cc2c(Cl)cc(Cl)cc2C(c2ccc(S(=O)(=O)CCCOCCOCCOCCN=[N+]=[N-])cc2)C1. The molecule has 1 unspecified atom stereocenters. The first-order chi connectivity index (χ1) is 17.8. The summed E-state index contributed by atoms with van der Waals surface area (Å²) in [7, 11) is -1.38. The molecule has 0 spiro atoms. The second-order valence-corrected chi connectivity index (χ2v) is 11.7. The quantitative estimate of drug-likeness (QED) is 0.127. The number of sulfone groups is 1. The molecule has 2 aromatic carbocycles. The Bertz CT molecular complexity index is 1170. The van der Waals surface area contributed by atoms with Crippen molar-refractivity contribution >= 4 is 33.0 Å². The zero-order valence-corrected chi connectivity index (χ0v) is 23.1. The van der Waals surface area contributed by atoms with Crippen LogP contribution >= 0.6 is 23.2 Å². The maximum Gasteiger partial charge on any atom is 0.178 e. The van der Waals surface area contributed by atoms with Crippen molar-refractivity contribution < 1.29 is 22.6 Å². The predicted octanol–water partition coefficient (Wildman–Crippen LogP) is 5.09. The minimum atomic E-state index is -3.42. The first-order valence-corrected chi connectivity index (χ1v) is 14.5. The second kappa shape index (κ2) is 14.9. The molecule has 0 amide bonds. The van der Waals surface area contributed by atoms with E-state index in [1.165, 1.54) is 0 Å². The lowest BCUT2D eigenvalue weighted by Crippen LogP contribution is -2.31. The van der Waals surface area contributed by atoms with Crippen LogP contribution in [0.25, 0.3) is 10.4 Å². The van der Waals surface area contributed by atoms with Gasteiger partial charge >= 0.3 is 0 Å². The van der Waals surface area contributed by atoms with Gasteiger partial charge in [-0.25, -0.2) is 8.42 Å². The third-order valence-electron chi connectivity index (χ3n) is 5.98. The fraction of sp³-hybridized carbons (Fsp3) is 0.520. The monoisotopic (exact) mass is 570 g/mol. The molecule has 1 aliphatic heterocycles. The van der Waals surface area contributed by atoms with Crippen LogP contribution < -0.4 is 0 Å². The van der Waals surface area contributed by atoms with Crippen LogP contribution in [0.1, 0.15) is 29.0 Å². The second-order valence-electron chi connectivity index (χ2n) is 8.74. The molecule has 1 aliphatic rings. The minimum Gasteiger partial charge on any atom is -0.379 e. The van der Waals surface area contributed by atoms with E-state index in [9.17, 15) is 8.42 Å². The Morgan fingerprint density at radius 3 is 2.35 bits per heavy atom. The van der Waals surface area contributed by atoms with Gasteiger partial charge in [0.1, 0.15) is 0 Å². The topological polar surface area (TPSA) is 114 Å². The van der Waals surface area contributed by atoms with Gasteiger partial charge in [-0.2, -0.15) is 0 Å². The van der Waals surface area contributed by atoms with Crippen molar-refractivity contribution in [3.8, 4) is 0 Å². The molecule has 0 saturated heterocycles. The molecular formula is C25H32Cl2N4O5S. The average molecular weight is 572 g/mol. The van der Waals surface area contributed by atoms with Crippen molar-refractivity contribution in [3.63, 3.8) is 0 Å². The lowest BCUT2D eigenvalue weighted by atomic mass is 9.85. The van der Waals surface area contributed by atoms with Gasteiger partial charge in [0.25, 0.3) is 0 Å². The van der Waals surface area contributed by atoms with Crippen LogP contribution in [0, 0.1) is 0 Å². The van der Waals surface area contributed by atoms with Crippen LogP contribution in [0.4, 0.5) is 0 Å². The molecule has 0 radical (unpaired) electrons. The summed E-state index contributed by atoms with van der Waals surface area (Å²) < 4.78 is 41.7. The fourth-order valence-electron chi connectivity index (χ4n) is 4.20. The van der Waals surface area contributed by atoms with Crippen LogP contribution in [0.2, 0.25) is 10.0 Å². The summed E-state index contributed by atoms with van der Waals surface area (Å²) >= 11 is 12.7. The molecule has 0 saturated carbocycles. The van der Waals surface area contributed by atoms with E-state index in [1.54, 1.807) is 18.2 Å². The van der Waals surface area contributed by atoms with Gasteiger partial charge in [-0.1, -0.05) is 40.4 Å². The highest BCUT2D eigenvalue weighted by atomic mass is 35.5. The maximum atomic E-state index is 12.8. The lowest BCUT2D eigenvalue weighted by molar-refractivity contribution is 0.0162. The van der Waals surface area contributed by atoms with E-state index < -0.39 is 9.84 Å². The summed E-state index contributed by atoms with van der Waals surface area (Å²) in [6.07, 6.45) is 0.393. The Morgan fingerprint density at radius 2 is 1.68 bits per heavy atom. The Hall–Kier alpha value is -1.88. The molecule has 3 rings (SSSR count). The van der Waals surface area contributed by atoms with E-state index in [4.69, 9.17) is 42.9 Å². The molecule has 1 heterocycles. The number of rotatable bonds is 15. The number of benzene rings is 2. The molecule has 0 bridgehead atoms. The Morgan fingerprint density at radius 1 is 1.03 bits per heavy atom. The number of hydrogen-bond acceptors (Lipinski definition) is 7. The highest BCUT2D eigenvalue weighted by Crippen LogP contribution is 2.38. The van der Waals surface area contributed by atoms with E-state index in [2.05, 4.69) is 14.9 Å². The number of hydrogen-bond donors (Lipinski definition) is 0. The lowest BCUT2D eigenvalue weighted by Gasteiger charge is -2.33. The van der Waals surface area contributed by atoms with E-state index in [-0.39, 0.29) is 11.7 Å². The van der Waals surface area contributed by atoms with Crippen molar-refractivity contribution in [1.82, 2.24) is 4.90 Å². The number of likely N-dealkylation sites (N-methyl/N-ethyl adjacent to an activating group) is 1. The number of halogens is 2. The van der Waals surface area contributed by atoms with Crippen molar-refractivity contribution in [2.45, 2.75) is 23.8 Å². The molecule has 0 aromatic heterocycles. The molecule has 0 N–H and O–H groups in total. The van der Waals surface area contributed by atoms with Gasteiger partial charge in [0, 0.05) is 47.1 Å². The summed E-state index contributed by atoms with van der Waals surface area (Å²) in [5, 5.41) is 4.61. The summed E-state index contributed by atoms with van der Waals surface area (Å²) in [5.41, 5.74) is 11.3. The fourth-order valence-corrected chi connectivity index (χ4v) is 6.05. The Balaban J connectivity index is 1.42. The van der Waals surface area contributed by atoms with Crippen LogP contribution in [0.5, 0.6) is 0 Å². The van der Waals surface area contributed by atoms with E-state index in [0.717, 1.165) is 29.8 Å². The van der Waals surface area contributed by atoms with Crippen LogP contribution in [-0.4, -0.2) is 78.8 Å². The molecule has 2 aromatic rings. The summed E-state index contributed by atoms with van der Waals surface area (Å²) in [6, 6.07) is 10.8. The first-order valence-electron chi connectivity index (χ1n) is 12.0. The smallest absolute Gasteiger partial charge is 0.178 e. The third kappa shape index (κ3) is 9.12. The van der Waals surface area contributed by atoms with Gasteiger partial charge in [-0.3, -0.25) is 0 Å². The summed E-state index contributed by atoms with van der Waals surface area (Å²) in [4.78, 5) is 5.14. The zero-order chi connectivity index (χ0) is 26.7. The Kier molecular flexibility index (Phi) is 11.9.